The minimum atomic E-state index is -0.535. The lowest BCUT2D eigenvalue weighted by Gasteiger charge is -2.15. The van der Waals surface area contributed by atoms with Crippen LogP contribution in [0.15, 0.2) is 17.5 Å². The van der Waals surface area contributed by atoms with Crippen molar-refractivity contribution in [3.05, 3.63) is 33.6 Å². The first-order valence-corrected chi connectivity index (χ1v) is 10.4. The number of fused-ring (bicyclic) bond motifs is 2. The normalized spacial score (nSPS) is 15.9. The van der Waals surface area contributed by atoms with E-state index in [0.717, 1.165) is 39.9 Å². The molecule has 140 valence electrons. The van der Waals surface area contributed by atoms with E-state index in [2.05, 4.69) is 6.07 Å². The Hall–Kier alpha value is -2.45. The van der Waals surface area contributed by atoms with E-state index in [4.69, 9.17) is 16.5 Å². The Labute approximate surface area is 164 Å². The molecule has 4 rings (SSSR count). The van der Waals surface area contributed by atoms with Crippen LogP contribution in [0.1, 0.15) is 39.7 Å². The van der Waals surface area contributed by atoms with Crippen LogP contribution in [-0.2, 0) is 11.2 Å². The maximum Gasteiger partial charge on any atom is 0.260 e. The molecule has 3 heterocycles. The van der Waals surface area contributed by atoms with E-state index in [9.17, 15) is 9.59 Å². The first kappa shape index (κ1) is 17.9. The number of hydrogen-bond acceptors (Lipinski definition) is 6. The standard InChI is InChI=1S/C19H20N4O2S2/c1-23(2)12(24)8-9-5-6-10-13(11-4-3-7-26-11)14-15(20)17(18(21)25)27-19(14)22-16(9)10/h3-4,7,9H,5-6,8,20H2,1-2H3,(H2,21,25). The number of thiophene rings is 2. The van der Waals surface area contributed by atoms with Crippen LogP contribution in [0.25, 0.3) is 20.7 Å². The summed E-state index contributed by atoms with van der Waals surface area (Å²) in [6.45, 7) is 0. The average Bonchev–Trinajstić information content (AvgIpc) is 3.33. The predicted octanol–water partition coefficient (Wildman–Crippen LogP) is 3.21. The summed E-state index contributed by atoms with van der Waals surface area (Å²) < 4.78 is 0. The number of amides is 2. The molecule has 6 nitrogen and oxygen atoms in total. The molecule has 8 heteroatoms. The van der Waals surface area contributed by atoms with Crippen molar-refractivity contribution >= 4 is 50.4 Å². The molecule has 0 aliphatic heterocycles. The second-order valence-electron chi connectivity index (χ2n) is 6.95. The summed E-state index contributed by atoms with van der Waals surface area (Å²) in [7, 11) is 3.54. The van der Waals surface area contributed by atoms with E-state index in [1.807, 2.05) is 11.4 Å². The molecular formula is C19H20N4O2S2. The predicted molar refractivity (Wildman–Crippen MR) is 110 cm³/mol. The van der Waals surface area contributed by atoms with Crippen LogP contribution >= 0.6 is 22.7 Å². The van der Waals surface area contributed by atoms with Gasteiger partial charge in [0.25, 0.3) is 5.91 Å². The Bertz CT molecular complexity index is 1050. The van der Waals surface area contributed by atoms with Gasteiger partial charge < -0.3 is 16.4 Å². The fourth-order valence-electron chi connectivity index (χ4n) is 3.72. The molecule has 4 N–H and O–H groups in total. The number of nitrogens with two attached hydrogens (primary N) is 2. The SMILES string of the molecule is CN(C)C(=O)CC1CCc2c1nc1sc(C(N)=O)c(N)c1c2-c1cccs1. The minimum Gasteiger partial charge on any atom is -0.397 e. The lowest BCUT2D eigenvalue weighted by Crippen LogP contribution is -2.23. The van der Waals surface area contributed by atoms with Crippen LogP contribution in [0, 0.1) is 0 Å². The van der Waals surface area contributed by atoms with Gasteiger partial charge in [0.1, 0.15) is 9.71 Å². The molecule has 1 aliphatic rings. The van der Waals surface area contributed by atoms with E-state index >= 15 is 0 Å². The summed E-state index contributed by atoms with van der Waals surface area (Å²) in [5, 5.41) is 2.84. The first-order chi connectivity index (χ1) is 12.9. The van der Waals surface area contributed by atoms with Crippen LogP contribution in [-0.4, -0.2) is 35.8 Å². The van der Waals surface area contributed by atoms with Crippen LogP contribution in [0.2, 0.25) is 0 Å². The summed E-state index contributed by atoms with van der Waals surface area (Å²) in [6.07, 6.45) is 2.17. The summed E-state index contributed by atoms with van der Waals surface area (Å²) in [6, 6.07) is 4.05. The highest BCUT2D eigenvalue weighted by molar-refractivity contribution is 7.21. The molecule has 1 atom stereocenters. The lowest BCUT2D eigenvalue weighted by atomic mass is 9.98. The molecule has 3 aromatic heterocycles. The second kappa shape index (κ2) is 6.61. The van der Waals surface area contributed by atoms with Gasteiger partial charge in [0.2, 0.25) is 5.91 Å². The third-order valence-electron chi connectivity index (χ3n) is 5.05. The van der Waals surface area contributed by atoms with Gasteiger partial charge in [-0.05, 0) is 29.9 Å². The fourth-order valence-corrected chi connectivity index (χ4v) is 5.49. The maximum atomic E-state index is 12.3. The molecule has 2 amide bonds. The van der Waals surface area contributed by atoms with Gasteiger partial charge in [-0.25, -0.2) is 4.98 Å². The third kappa shape index (κ3) is 2.89. The van der Waals surface area contributed by atoms with Gasteiger partial charge >= 0.3 is 0 Å². The highest BCUT2D eigenvalue weighted by Gasteiger charge is 2.32. The maximum absolute atomic E-state index is 12.3. The molecule has 0 saturated carbocycles. The Balaban J connectivity index is 1.95. The molecule has 1 aliphatic carbocycles. The van der Waals surface area contributed by atoms with Crippen molar-refractivity contribution in [2.75, 3.05) is 19.8 Å². The van der Waals surface area contributed by atoms with Gasteiger partial charge in [-0.15, -0.1) is 22.7 Å². The van der Waals surface area contributed by atoms with Crippen molar-refractivity contribution in [2.45, 2.75) is 25.2 Å². The molecule has 27 heavy (non-hydrogen) atoms. The highest BCUT2D eigenvalue weighted by Crippen LogP contribution is 2.48. The first-order valence-electron chi connectivity index (χ1n) is 8.67. The van der Waals surface area contributed by atoms with Crippen molar-refractivity contribution in [1.82, 2.24) is 9.88 Å². The molecule has 0 fully saturated rings. The zero-order valence-corrected chi connectivity index (χ0v) is 16.7. The third-order valence-corrected chi connectivity index (χ3v) is 7.05. The van der Waals surface area contributed by atoms with Crippen molar-refractivity contribution < 1.29 is 9.59 Å². The number of aromatic nitrogens is 1. The fraction of sp³-hybridized carbons (Fsp3) is 0.316. The Morgan fingerprint density at radius 1 is 1.37 bits per heavy atom. The molecule has 0 spiro atoms. The Morgan fingerprint density at radius 3 is 2.78 bits per heavy atom. The summed E-state index contributed by atoms with van der Waals surface area (Å²) in [5.41, 5.74) is 15.4. The van der Waals surface area contributed by atoms with Crippen molar-refractivity contribution in [2.24, 2.45) is 5.73 Å². The number of primary amides is 1. The molecule has 1 unspecified atom stereocenters. The van der Waals surface area contributed by atoms with Crippen LogP contribution in [0.3, 0.4) is 0 Å². The number of nitrogen functional groups attached to an aromatic ring is 1. The Kier molecular flexibility index (Phi) is 4.39. The molecular weight excluding hydrogens is 380 g/mol. The lowest BCUT2D eigenvalue weighted by molar-refractivity contribution is -0.129. The molecule has 0 aromatic carbocycles. The van der Waals surface area contributed by atoms with Gasteiger partial charge in [0.05, 0.1) is 5.69 Å². The van der Waals surface area contributed by atoms with Crippen LogP contribution in [0.4, 0.5) is 5.69 Å². The van der Waals surface area contributed by atoms with Gasteiger partial charge in [-0.3, -0.25) is 9.59 Å². The van der Waals surface area contributed by atoms with E-state index in [1.54, 1.807) is 30.3 Å². The van der Waals surface area contributed by atoms with Crippen molar-refractivity contribution in [1.29, 1.82) is 0 Å². The number of hydrogen-bond donors (Lipinski definition) is 2. The van der Waals surface area contributed by atoms with E-state index in [-0.39, 0.29) is 11.8 Å². The van der Waals surface area contributed by atoms with Crippen molar-refractivity contribution in [3.63, 3.8) is 0 Å². The average molecular weight is 401 g/mol. The smallest absolute Gasteiger partial charge is 0.260 e. The molecule has 0 radical (unpaired) electrons. The van der Waals surface area contributed by atoms with Gasteiger partial charge in [0.15, 0.2) is 0 Å². The van der Waals surface area contributed by atoms with Crippen molar-refractivity contribution in [3.8, 4) is 10.4 Å². The van der Waals surface area contributed by atoms with Gasteiger partial charge in [-0.2, -0.15) is 0 Å². The quantitative estimate of drug-likeness (QED) is 0.702. The summed E-state index contributed by atoms with van der Waals surface area (Å²) >= 11 is 2.87. The number of carbonyl (C=O) groups is 2. The number of nitrogens with zero attached hydrogens (tertiary/aromatic N) is 2. The van der Waals surface area contributed by atoms with Crippen LogP contribution < -0.4 is 11.5 Å². The van der Waals surface area contributed by atoms with E-state index in [1.165, 1.54) is 11.3 Å². The Morgan fingerprint density at radius 2 is 2.15 bits per heavy atom. The summed E-state index contributed by atoms with van der Waals surface area (Å²) in [5.74, 6) is -0.360. The molecule has 3 aromatic rings. The number of rotatable bonds is 4. The zero-order valence-electron chi connectivity index (χ0n) is 15.1. The summed E-state index contributed by atoms with van der Waals surface area (Å²) in [4.78, 5) is 32.7. The largest absolute Gasteiger partial charge is 0.397 e. The topological polar surface area (TPSA) is 102 Å². The van der Waals surface area contributed by atoms with Gasteiger partial charge in [-0.1, -0.05) is 6.07 Å². The number of pyridine rings is 1. The second-order valence-corrected chi connectivity index (χ2v) is 8.89. The monoisotopic (exact) mass is 400 g/mol. The zero-order chi connectivity index (χ0) is 19.3. The molecule has 0 bridgehead atoms. The van der Waals surface area contributed by atoms with Crippen LogP contribution in [0.5, 0.6) is 0 Å². The van der Waals surface area contributed by atoms with E-state index < -0.39 is 5.91 Å². The van der Waals surface area contributed by atoms with E-state index in [0.29, 0.717) is 21.8 Å². The number of anilines is 1. The molecule has 0 saturated heterocycles. The number of carbonyl (C=O) groups excluding carboxylic acids is 2. The highest BCUT2D eigenvalue weighted by atomic mass is 32.1. The van der Waals surface area contributed by atoms with Gasteiger partial charge in [0, 0.05) is 48.0 Å². The minimum absolute atomic E-state index is 0.0818.